The smallest absolute Gasteiger partial charge is 0.236 e. The summed E-state index contributed by atoms with van der Waals surface area (Å²) < 4.78 is 1.71. The van der Waals surface area contributed by atoms with Crippen molar-refractivity contribution < 1.29 is 4.79 Å². The minimum Gasteiger partial charge on any atom is -0.366 e. The van der Waals surface area contributed by atoms with Crippen LogP contribution in [0, 0.1) is 16.7 Å². The number of likely N-dealkylation sites (tertiary alicyclic amines) is 1. The van der Waals surface area contributed by atoms with Crippen molar-refractivity contribution in [1.82, 2.24) is 24.6 Å². The van der Waals surface area contributed by atoms with Gasteiger partial charge in [-0.2, -0.15) is 15.3 Å². The standard InChI is InChI=1S/C21H27ClN8O/c1-29-14-16(12-25-29)27-20-24-13-17(22)19(28-20)26-15-2-5-21(6-3-15)7-10-30(11-8-21)18(31)4-9-23/h12-15H,2-8,10-11H2,1H3,(H2,24,26,27,28). The number of halogens is 1. The van der Waals surface area contributed by atoms with Crippen molar-refractivity contribution in [2.24, 2.45) is 12.5 Å². The van der Waals surface area contributed by atoms with Gasteiger partial charge in [-0.05, 0) is 43.9 Å². The molecular formula is C21H27ClN8O. The Balaban J connectivity index is 1.31. The van der Waals surface area contributed by atoms with E-state index >= 15 is 0 Å². The molecule has 2 fully saturated rings. The van der Waals surface area contributed by atoms with Gasteiger partial charge in [0.05, 0.1) is 24.2 Å². The van der Waals surface area contributed by atoms with E-state index in [1.54, 1.807) is 17.1 Å². The summed E-state index contributed by atoms with van der Waals surface area (Å²) >= 11 is 6.34. The topological polar surface area (TPSA) is 112 Å². The third kappa shape index (κ3) is 5.07. The van der Waals surface area contributed by atoms with Crippen LogP contribution in [0.1, 0.15) is 44.9 Å². The number of anilines is 3. The second-order valence-corrected chi connectivity index (χ2v) is 8.96. The molecule has 1 aliphatic carbocycles. The van der Waals surface area contributed by atoms with Crippen LogP contribution in [0.15, 0.2) is 18.6 Å². The minimum absolute atomic E-state index is 0.0175. The van der Waals surface area contributed by atoms with E-state index in [0.717, 1.165) is 57.3 Å². The molecule has 0 aromatic carbocycles. The number of hydrogen-bond acceptors (Lipinski definition) is 7. The molecule has 1 aliphatic heterocycles. The van der Waals surface area contributed by atoms with Crippen molar-refractivity contribution in [2.75, 3.05) is 23.7 Å². The van der Waals surface area contributed by atoms with Crippen LogP contribution in [0.25, 0.3) is 0 Å². The molecule has 2 aromatic rings. The molecule has 0 bridgehead atoms. The van der Waals surface area contributed by atoms with Gasteiger partial charge in [0.1, 0.15) is 11.4 Å². The summed E-state index contributed by atoms with van der Waals surface area (Å²) in [5.74, 6) is 1.07. The Morgan fingerprint density at radius 3 is 2.68 bits per heavy atom. The quantitative estimate of drug-likeness (QED) is 0.728. The van der Waals surface area contributed by atoms with Crippen LogP contribution < -0.4 is 10.6 Å². The van der Waals surface area contributed by atoms with E-state index in [0.29, 0.717) is 28.2 Å². The molecule has 4 rings (SSSR count). The van der Waals surface area contributed by atoms with Crippen LogP contribution in [-0.2, 0) is 11.8 Å². The van der Waals surface area contributed by atoms with Gasteiger partial charge in [-0.1, -0.05) is 11.6 Å². The van der Waals surface area contributed by atoms with Gasteiger partial charge in [0.15, 0.2) is 5.82 Å². The Labute approximate surface area is 186 Å². The predicted molar refractivity (Wildman–Crippen MR) is 118 cm³/mol. The molecule has 1 amide bonds. The number of amides is 1. The first-order valence-corrected chi connectivity index (χ1v) is 11.0. The number of piperidine rings is 1. The number of aromatic nitrogens is 4. The number of aryl methyl sites for hydroxylation is 1. The molecule has 3 heterocycles. The number of nitriles is 1. The van der Waals surface area contributed by atoms with E-state index in [2.05, 4.69) is 25.7 Å². The van der Waals surface area contributed by atoms with Crippen LogP contribution >= 0.6 is 11.6 Å². The van der Waals surface area contributed by atoms with Crippen LogP contribution in [0.3, 0.4) is 0 Å². The maximum absolute atomic E-state index is 12.0. The van der Waals surface area contributed by atoms with Crippen molar-refractivity contribution in [3.8, 4) is 6.07 Å². The number of nitrogens with zero attached hydrogens (tertiary/aromatic N) is 6. The first kappa shape index (κ1) is 21.4. The fourth-order valence-electron chi connectivity index (χ4n) is 4.62. The largest absolute Gasteiger partial charge is 0.366 e. The Morgan fingerprint density at radius 1 is 1.29 bits per heavy atom. The van der Waals surface area contributed by atoms with Crippen LogP contribution in [0.5, 0.6) is 0 Å². The molecule has 9 nitrogen and oxygen atoms in total. The number of carbonyl (C=O) groups excluding carboxylic acids is 1. The summed E-state index contributed by atoms with van der Waals surface area (Å²) in [6.07, 6.45) is 11.5. The highest BCUT2D eigenvalue weighted by Gasteiger charge is 2.39. The number of nitrogens with one attached hydrogen (secondary N) is 2. The summed E-state index contributed by atoms with van der Waals surface area (Å²) in [5, 5.41) is 20.0. The highest BCUT2D eigenvalue weighted by atomic mass is 35.5. The molecule has 164 valence electrons. The lowest BCUT2D eigenvalue weighted by molar-refractivity contribution is -0.132. The van der Waals surface area contributed by atoms with E-state index < -0.39 is 0 Å². The summed E-state index contributed by atoms with van der Waals surface area (Å²) in [4.78, 5) is 22.6. The zero-order valence-electron chi connectivity index (χ0n) is 17.6. The highest BCUT2D eigenvalue weighted by molar-refractivity contribution is 6.32. The van der Waals surface area contributed by atoms with Gasteiger partial charge in [0, 0.05) is 32.4 Å². The maximum atomic E-state index is 12.0. The maximum Gasteiger partial charge on any atom is 0.236 e. The van der Waals surface area contributed by atoms with Crippen molar-refractivity contribution in [2.45, 2.75) is 51.0 Å². The van der Waals surface area contributed by atoms with Crippen LogP contribution in [0.4, 0.5) is 17.5 Å². The van der Waals surface area contributed by atoms with Gasteiger partial charge in [0.2, 0.25) is 11.9 Å². The Kier molecular flexibility index (Phi) is 6.28. The van der Waals surface area contributed by atoms with E-state index in [-0.39, 0.29) is 12.3 Å². The zero-order valence-corrected chi connectivity index (χ0v) is 18.4. The number of hydrogen-bond donors (Lipinski definition) is 2. The number of rotatable bonds is 5. The van der Waals surface area contributed by atoms with Crippen LogP contribution in [0.2, 0.25) is 5.02 Å². The third-order valence-corrected chi connectivity index (χ3v) is 6.78. The summed E-state index contributed by atoms with van der Waals surface area (Å²) in [6, 6.07) is 2.27. The first-order valence-electron chi connectivity index (χ1n) is 10.7. The Hall–Kier alpha value is -2.86. The summed E-state index contributed by atoms with van der Waals surface area (Å²) in [5.41, 5.74) is 1.12. The lowest BCUT2D eigenvalue weighted by atomic mass is 9.67. The molecule has 0 radical (unpaired) electrons. The molecule has 31 heavy (non-hydrogen) atoms. The lowest BCUT2D eigenvalue weighted by Crippen LogP contribution is -2.45. The fourth-order valence-corrected chi connectivity index (χ4v) is 4.77. The average molecular weight is 443 g/mol. The fraction of sp³-hybridized carbons (Fsp3) is 0.571. The molecular weight excluding hydrogens is 416 g/mol. The second kappa shape index (κ2) is 9.10. The Morgan fingerprint density at radius 2 is 2.03 bits per heavy atom. The third-order valence-electron chi connectivity index (χ3n) is 6.50. The molecule has 0 atom stereocenters. The summed E-state index contributed by atoms with van der Waals surface area (Å²) in [6.45, 7) is 1.53. The molecule has 1 spiro atoms. The van der Waals surface area contributed by atoms with Crippen molar-refractivity contribution in [3.63, 3.8) is 0 Å². The Bertz CT molecular complexity index is 966. The van der Waals surface area contributed by atoms with Crippen molar-refractivity contribution in [3.05, 3.63) is 23.6 Å². The molecule has 0 unspecified atom stereocenters. The average Bonchev–Trinajstić information content (AvgIpc) is 3.17. The molecule has 10 heteroatoms. The zero-order chi connectivity index (χ0) is 21.8. The van der Waals surface area contributed by atoms with E-state index in [1.807, 2.05) is 24.2 Å². The SMILES string of the molecule is Cn1cc(Nc2ncc(Cl)c(NC3CCC4(CC3)CCN(C(=O)CC#N)CC4)n2)cn1. The molecule has 1 saturated carbocycles. The second-order valence-electron chi connectivity index (χ2n) is 8.55. The number of carbonyl (C=O) groups is 1. The van der Waals surface area contributed by atoms with E-state index in [1.165, 1.54) is 0 Å². The summed E-state index contributed by atoms with van der Waals surface area (Å²) in [7, 11) is 1.85. The molecule has 2 aliphatic rings. The van der Waals surface area contributed by atoms with E-state index in [4.69, 9.17) is 16.9 Å². The monoisotopic (exact) mass is 442 g/mol. The minimum atomic E-state index is -0.0400. The molecule has 2 N–H and O–H groups in total. The molecule has 2 aromatic heterocycles. The van der Waals surface area contributed by atoms with Gasteiger partial charge in [-0.15, -0.1) is 0 Å². The van der Waals surface area contributed by atoms with Gasteiger partial charge in [0.25, 0.3) is 0 Å². The van der Waals surface area contributed by atoms with Gasteiger partial charge in [-0.3, -0.25) is 9.48 Å². The lowest BCUT2D eigenvalue weighted by Gasteiger charge is -2.46. The molecule has 1 saturated heterocycles. The van der Waals surface area contributed by atoms with Crippen molar-refractivity contribution >= 4 is 35.0 Å². The highest BCUT2D eigenvalue weighted by Crippen LogP contribution is 2.45. The normalized spacial score (nSPS) is 18.5. The van der Waals surface area contributed by atoms with Crippen LogP contribution in [-0.4, -0.2) is 49.7 Å². The first-order chi connectivity index (χ1) is 15.0. The van der Waals surface area contributed by atoms with Gasteiger partial charge in [-0.25, -0.2) is 4.98 Å². The van der Waals surface area contributed by atoms with Gasteiger partial charge >= 0.3 is 0 Å². The van der Waals surface area contributed by atoms with Crippen molar-refractivity contribution in [1.29, 1.82) is 5.26 Å². The predicted octanol–water partition coefficient (Wildman–Crippen LogP) is 3.48. The van der Waals surface area contributed by atoms with Gasteiger partial charge < -0.3 is 15.5 Å². The van der Waals surface area contributed by atoms with E-state index in [9.17, 15) is 4.79 Å².